The van der Waals surface area contributed by atoms with Crippen LogP contribution >= 0.6 is 11.8 Å². The molecular weight excluding hydrogens is 421 g/mol. The summed E-state index contributed by atoms with van der Waals surface area (Å²) in [4.78, 5) is 40.1. The van der Waals surface area contributed by atoms with Crippen LogP contribution in [0.4, 0.5) is 5.69 Å². The van der Waals surface area contributed by atoms with Crippen molar-refractivity contribution in [3.8, 4) is 0 Å². The van der Waals surface area contributed by atoms with E-state index in [1.54, 1.807) is 25.7 Å². The quantitative estimate of drug-likeness (QED) is 0.373. The number of amides is 2. The van der Waals surface area contributed by atoms with Crippen LogP contribution in [0.25, 0.3) is 0 Å². The molecule has 4 rings (SSSR count). The second kappa shape index (κ2) is 8.80. The number of nitrogens with one attached hydrogen (secondary N) is 1. The topological polar surface area (TPSA) is 134 Å². The van der Waals surface area contributed by atoms with Crippen molar-refractivity contribution in [2.45, 2.75) is 43.0 Å². The molecule has 0 aromatic heterocycles. The Labute approximate surface area is 200 Å². The SMILES string of the molecule is CC1=C(C(=O)N[C@@H]2C(=O)N3[C@@H]2SC(C)(C)[C@@H]3C(=O)[O-])N(c2ccccc2)CO1.O.[Na+]. The van der Waals surface area contributed by atoms with Crippen LogP contribution in [0.3, 0.4) is 0 Å². The number of carbonyl (C=O) groups excluding carboxylic acids is 3. The molecule has 0 aliphatic carbocycles. The third-order valence-corrected chi connectivity index (χ3v) is 6.82. The number of β-lactam (4-membered cyclic amide) rings is 1. The van der Waals surface area contributed by atoms with Gasteiger partial charge in [0.1, 0.15) is 22.9 Å². The summed E-state index contributed by atoms with van der Waals surface area (Å²) in [5.74, 6) is -1.64. The van der Waals surface area contributed by atoms with E-state index >= 15 is 0 Å². The number of thioether (sulfide) groups is 1. The van der Waals surface area contributed by atoms with Gasteiger partial charge in [0.2, 0.25) is 5.91 Å². The molecule has 3 aliphatic heterocycles. The Hall–Kier alpha value is -1.72. The first-order valence-electron chi connectivity index (χ1n) is 8.90. The molecule has 3 atom stereocenters. The fourth-order valence-electron chi connectivity index (χ4n) is 3.91. The fourth-order valence-corrected chi connectivity index (χ4v) is 5.54. The summed E-state index contributed by atoms with van der Waals surface area (Å²) in [6.45, 7) is 5.43. The van der Waals surface area contributed by atoms with Crippen molar-refractivity contribution in [1.29, 1.82) is 0 Å². The number of ether oxygens (including phenoxy) is 1. The minimum Gasteiger partial charge on any atom is -0.548 e. The van der Waals surface area contributed by atoms with Gasteiger partial charge < -0.3 is 35.2 Å². The standard InChI is InChI=1S/C19H21N3O5S.Na.H2O/c1-10-13(21(9-27-10)11-7-5-4-6-8-11)15(23)20-12-16(24)22-14(18(25)26)19(2,3)28-17(12)22;;/h4-8,12,14,17H,9H2,1-3H3,(H,20,23)(H,25,26);;1H2/q;+1;/p-1/t12-,14+,17-;;/m1../s1. The third kappa shape index (κ3) is 3.82. The average molecular weight is 443 g/mol. The number of fused-ring (bicyclic) bond motifs is 1. The van der Waals surface area contributed by atoms with Crippen molar-refractivity contribution < 1.29 is 59.3 Å². The van der Waals surface area contributed by atoms with Gasteiger partial charge in [0.15, 0.2) is 6.73 Å². The van der Waals surface area contributed by atoms with Crippen LogP contribution in [0.5, 0.6) is 0 Å². The van der Waals surface area contributed by atoms with Crippen molar-refractivity contribution in [2.24, 2.45) is 0 Å². The zero-order valence-electron chi connectivity index (χ0n) is 17.2. The maximum Gasteiger partial charge on any atom is 1.00 e. The van der Waals surface area contributed by atoms with Gasteiger partial charge in [-0.2, -0.15) is 0 Å². The van der Waals surface area contributed by atoms with Gasteiger partial charge in [0, 0.05) is 10.4 Å². The molecule has 11 heteroatoms. The Kier molecular flexibility index (Phi) is 7.20. The second-order valence-corrected chi connectivity index (χ2v) is 9.24. The number of benzene rings is 1. The minimum atomic E-state index is -1.28. The van der Waals surface area contributed by atoms with Crippen molar-refractivity contribution in [1.82, 2.24) is 10.2 Å². The number of aliphatic carboxylic acids is 1. The van der Waals surface area contributed by atoms with Gasteiger partial charge in [0.05, 0.1) is 12.0 Å². The number of carboxylic acid groups (broad SMARTS) is 1. The molecule has 0 bridgehead atoms. The molecule has 0 saturated carbocycles. The molecule has 2 amide bonds. The first-order chi connectivity index (χ1) is 13.2. The smallest absolute Gasteiger partial charge is 0.548 e. The van der Waals surface area contributed by atoms with Crippen LogP contribution in [0.15, 0.2) is 41.8 Å². The molecule has 0 unspecified atom stereocenters. The van der Waals surface area contributed by atoms with Crippen molar-refractivity contribution >= 4 is 35.2 Å². The van der Waals surface area contributed by atoms with Gasteiger partial charge in [-0.05, 0) is 32.9 Å². The summed E-state index contributed by atoms with van der Waals surface area (Å²) < 4.78 is 4.85. The van der Waals surface area contributed by atoms with Crippen molar-refractivity contribution in [2.75, 3.05) is 11.6 Å². The van der Waals surface area contributed by atoms with Crippen LogP contribution in [0.2, 0.25) is 0 Å². The van der Waals surface area contributed by atoms with Gasteiger partial charge in [-0.15, -0.1) is 11.8 Å². The maximum atomic E-state index is 13.0. The van der Waals surface area contributed by atoms with Gasteiger partial charge in [-0.25, -0.2) is 0 Å². The minimum absolute atomic E-state index is 0. The Balaban J connectivity index is 0.00000160. The summed E-state index contributed by atoms with van der Waals surface area (Å²) >= 11 is 1.36. The van der Waals surface area contributed by atoms with E-state index in [4.69, 9.17) is 4.74 Å². The van der Waals surface area contributed by atoms with Crippen LogP contribution in [-0.2, 0) is 19.1 Å². The van der Waals surface area contributed by atoms with E-state index in [9.17, 15) is 19.5 Å². The average Bonchev–Trinajstić information content (AvgIpc) is 3.15. The Morgan fingerprint density at radius 1 is 1.27 bits per heavy atom. The van der Waals surface area contributed by atoms with E-state index in [-0.39, 0.29) is 41.8 Å². The molecule has 9 nitrogen and oxygen atoms in total. The molecular formula is C19H22N3NaO6S. The van der Waals surface area contributed by atoms with E-state index in [1.807, 2.05) is 30.3 Å². The predicted octanol–water partition coefficient (Wildman–Crippen LogP) is -3.81. The number of carbonyl (C=O) groups is 3. The summed E-state index contributed by atoms with van der Waals surface area (Å²) in [7, 11) is 0. The Bertz CT molecular complexity index is 894. The van der Waals surface area contributed by atoms with Crippen molar-refractivity contribution in [3.05, 3.63) is 41.8 Å². The second-order valence-electron chi connectivity index (χ2n) is 7.47. The predicted molar refractivity (Wildman–Crippen MR) is 104 cm³/mol. The van der Waals surface area contributed by atoms with Gasteiger partial charge >= 0.3 is 29.6 Å². The fraction of sp³-hybridized carbons (Fsp3) is 0.421. The van der Waals surface area contributed by atoms with Crippen molar-refractivity contribution in [3.63, 3.8) is 0 Å². The zero-order valence-corrected chi connectivity index (χ0v) is 20.0. The number of hydrogen-bond donors (Lipinski definition) is 1. The Morgan fingerprint density at radius 2 is 1.90 bits per heavy atom. The van der Waals surface area contributed by atoms with Gasteiger partial charge in [-0.3, -0.25) is 9.59 Å². The van der Waals surface area contributed by atoms with E-state index in [2.05, 4.69) is 5.32 Å². The molecule has 156 valence electrons. The van der Waals surface area contributed by atoms with E-state index in [0.717, 1.165) is 5.69 Å². The number of anilines is 1. The first-order valence-corrected chi connectivity index (χ1v) is 9.78. The van der Waals surface area contributed by atoms with E-state index < -0.39 is 40.0 Å². The molecule has 1 aromatic rings. The molecule has 3 aliphatic rings. The first kappa shape index (κ1) is 24.5. The number of rotatable bonds is 4. The third-order valence-electron chi connectivity index (χ3n) is 5.25. The maximum absolute atomic E-state index is 13.0. The molecule has 1 aromatic carbocycles. The monoisotopic (exact) mass is 443 g/mol. The molecule has 2 saturated heterocycles. The normalized spacial score (nSPS) is 26.1. The number of allylic oxidation sites excluding steroid dienone is 1. The largest absolute Gasteiger partial charge is 1.00 e. The molecule has 30 heavy (non-hydrogen) atoms. The van der Waals surface area contributed by atoms with Crippen LogP contribution in [-0.4, -0.2) is 57.1 Å². The van der Waals surface area contributed by atoms with E-state index in [0.29, 0.717) is 11.5 Å². The number of para-hydroxylation sites is 1. The summed E-state index contributed by atoms with van der Waals surface area (Å²) in [6.07, 6.45) is 0. The molecule has 2 fully saturated rings. The summed E-state index contributed by atoms with van der Waals surface area (Å²) in [5.41, 5.74) is 1.15. The van der Waals surface area contributed by atoms with Gasteiger partial charge in [0.25, 0.3) is 5.91 Å². The van der Waals surface area contributed by atoms with E-state index in [1.165, 1.54) is 16.7 Å². The summed E-state index contributed by atoms with van der Waals surface area (Å²) in [6, 6.07) is 7.55. The molecule has 3 heterocycles. The zero-order chi connectivity index (χ0) is 20.2. The molecule has 0 spiro atoms. The van der Waals surface area contributed by atoms with Crippen LogP contribution in [0.1, 0.15) is 20.8 Å². The van der Waals surface area contributed by atoms with Gasteiger partial charge in [-0.1, -0.05) is 18.2 Å². The number of carboxylic acids is 1. The van der Waals surface area contributed by atoms with Crippen LogP contribution in [0, 0.1) is 0 Å². The molecule has 3 N–H and O–H groups in total. The summed E-state index contributed by atoms with van der Waals surface area (Å²) in [5, 5.41) is 13.8. The number of hydrogen-bond acceptors (Lipinski definition) is 7. The Morgan fingerprint density at radius 3 is 2.50 bits per heavy atom. The van der Waals surface area contributed by atoms with Crippen LogP contribution < -0.4 is 44.9 Å². The molecule has 0 radical (unpaired) electrons. The number of nitrogens with zero attached hydrogens (tertiary/aromatic N) is 2.